The summed E-state index contributed by atoms with van der Waals surface area (Å²) in [5, 5.41) is 13.8. The van der Waals surface area contributed by atoms with Crippen molar-refractivity contribution in [1.29, 1.82) is 0 Å². The van der Waals surface area contributed by atoms with Gasteiger partial charge in [0.1, 0.15) is 13.2 Å². The summed E-state index contributed by atoms with van der Waals surface area (Å²) in [6, 6.07) is -0.907. The minimum Gasteiger partial charge on any atom is -0.387 e. The molecule has 1 amide bonds. The first-order chi connectivity index (χ1) is 36.5. The molecule has 3 atom stereocenters. The third-order valence-corrected chi connectivity index (χ3v) is 12.3. The number of aliphatic hydroxyl groups excluding tert-OH is 1. The van der Waals surface area contributed by atoms with Crippen molar-refractivity contribution in [3.8, 4) is 0 Å². The van der Waals surface area contributed by atoms with E-state index in [0.29, 0.717) is 17.4 Å². The molecule has 0 heterocycles. The van der Waals surface area contributed by atoms with E-state index in [1.54, 1.807) is 6.08 Å². The SMILES string of the molecule is CC/C=C\C/C=C\C/C=C\C/C=C\C/C=C\C/C=C\C/C=C\C/C=C\C/C=C\C/C=C\C/C=C\C/C=C\CCCCC(=O)NC(COP(=O)(O)OCC[N+](C)(C)C)C(O)/C=C/CC/C=C/CC/C=C/CCCCCC. The van der Waals surface area contributed by atoms with E-state index in [1.165, 1.54) is 25.7 Å². The van der Waals surface area contributed by atoms with Crippen LogP contribution >= 0.6 is 7.82 Å². The quantitative estimate of drug-likeness (QED) is 0.0243. The van der Waals surface area contributed by atoms with Crippen LogP contribution in [0.4, 0.5) is 0 Å². The van der Waals surface area contributed by atoms with Crippen molar-refractivity contribution in [2.45, 2.75) is 187 Å². The number of rotatable bonds is 49. The van der Waals surface area contributed by atoms with E-state index < -0.39 is 20.0 Å². The number of unbranched alkanes of at least 4 members (excludes halogenated alkanes) is 8. The maximum Gasteiger partial charge on any atom is 0.472 e. The van der Waals surface area contributed by atoms with Gasteiger partial charge in [0.05, 0.1) is 39.9 Å². The van der Waals surface area contributed by atoms with E-state index in [4.69, 9.17) is 9.05 Å². The van der Waals surface area contributed by atoms with Crippen LogP contribution in [0.2, 0.25) is 0 Å². The van der Waals surface area contributed by atoms with Crippen LogP contribution in [-0.4, -0.2) is 73.4 Å². The number of hydrogen-bond donors (Lipinski definition) is 3. The molecule has 0 bridgehead atoms. The molecular formula is C66H106N2O6P+. The Bertz CT molecular complexity index is 1860. The first kappa shape index (κ1) is 70.6. The lowest BCUT2D eigenvalue weighted by Gasteiger charge is -2.25. The second-order valence-electron chi connectivity index (χ2n) is 19.6. The third-order valence-electron chi connectivity index (χ3n) is 11.3. The molecule has 0 aliphatic rings. The monoisotopic (exact) mass is 1050 g/mol. The van der Waals surface area contributed by atoms with Gasteiger partial charge in [0.15, 0.2) is 0 Å². The molecule has 0 aromatic carbocycles. The molecule has 0 aromatic heterocycles. The maximum absolute atomic E-state index is 12.9. The molecule has 0 aromatic rings. The van der Waals surface area contributed by atoms with Gasteiger partial charge in [0, 0.05) is 6.42 Å². The summed E-state index contributed by atoms with van der Waals surface area (Å²) in [6.07, 6.45) is 88.6. The van der Waals surface area contributed by atoms with Gasteiger partial charge < -0.3 is 19.8 Å². The predicted octanol–water partition coefficient (Wildman–Crippen LogP) is 17.8. The minimum atomic E-state index is -4.38. The average molecular weight is 1050 g/mol. The zero-order valence-electron chi connectivity index (χ0n) is 47.7. The number of carbonyl (C=O) groups excluding carboxylic acids is 1. The summed E-state index contributed by atoms with van der Waals surface area (Å²) in [5.74, 6) is -0.243. The molecule has 420 valence electrons. The number of carbonyl (C=O) groups is 1. The van der Waals surface area contributed by atoms with Crippen molar-refractivity contribution in [1.82, 2.24) is 5.32 Å². The predicted molar refractivity (Wildman–Crippen MR) is 326 cm³/mol. The summed E-state index contributed by atoms with van der Waals surface area (Å²) in [7, 11) is 1.48. The van der Waals surface area contributed by atoms with Crippen molar-refractivity contribution >= 4 is 13.7 Å². The van der Waals surface area contributed by atoms with Gasteiger partial charge in [0.2, 0.25) is 5.91 Å². The Balaban J connectivity index is 4.31. The van der Waals surface area contributed by atoms with Crippen LogP contribution in [0.5, 0.6) is 0 Å². The number of quaternary nitrogens is 1. The number of phosphoric acid groups is 1. The van der Waals surface area contributed by atoms with Gasteiger partial charge in [-0.05, 0) is 135 Å². The summed E-state index contributed by atoms with van der Waals surface area (Å²) >= 11 is 0. The minimum absolute atomic E-state index is 0.0342. The lowest BCUT2D eigenvalue weighted by Crippen LogP contribution is -2.45. The smallest absolute Gasteiger partial charge is 0.387 e. The van der Waals surface area contributed by atoms with Crippen molar-refractivity contribution in [2.24, 2.45) is 0 Å². The van der Waals surface area contributed by atoms with Crippen LogP contribution in [0.15, 0.2) is 182 Å². The first-order valence-electron chi connectivity index (χ1n) is 28.7. The van der Waals surface area contributed by atoms with E-state index in [2.05, 4.69) is 189 Å². The first-order valence-corrected chi connectivity index (χ1v) is 30.2. The highest BCUT2D eigenvalue weighted by Gasteiger charge is 2.27. The van der Waals surface area contributed by atoms with Crippen LogP contribution in [0, 0.1) is 0 Å². The van der Waals surface area contributed by atoms with Gasteiger partial charge in [-0.2, -0.15) is 0 Å². The molecule has 0 rings (SSSR count). The number of allylic oxidation sites excluding steroid dienone is 29. The largest absolute Gasteiger partial charge is 0.472 e. The van der Waals surface area contributed by atoms with Crippen LogP contribution < -0.4 is 5.32 Å². The second-order valence-corrected chi connectivity index (χ2v) is 21.0. The van der Waals surface area contributed by atoms with Crippen LogP contribution in [0.3, 0.4) is 0 Å². The fourth-order valence-corrected chi connectivity index (χ4v) is 7.61. The van der Waals surface area contributed by atoms with E-state index in [9.17, 15) is 19.4 Å². The fraction of sp³-hybridized carbons (Fsp3) is 0.530. The lowest BCUT2D eigenvalue weighted by molar-refractivity contribution is -0.870. The highest BCUT2D eigenvalue weighted by Crippen LogP contribution is 2.43. The Morgan fingerprint density at radius 3 is 1.20 bits per heavy atom. The van der Waals surface area contributed by atoms with Gasteiger partial charge in [-0.15, -0.1) is 0 Å². The van der Waals surface area contributed by atoms with Gasteiger partial charge in [-0.25, -0.2) is 4.57 Å². The van der Waals surface area contributed by atoms with Gasteiger partial charge in [-0.1, -0.05) is 215 Å². The van der Waals surface area contributed by atoms with Crippen LogP contribution in [0.25, 0.3) is 0 Å². The Labute approximate surface area is 459 Å². The zero-order chi connectivity index (χ0) is 54.9. The van der Waals surface area contributed by atoms with Crippen LogP contribution in [-0.2, 0) is 18.4 Å². The molecule has 0 saturated carbocycles. The summed E-state index contributed by atoms with van der Waals surface area (Å²) in [5.41, 5.74) is 0. The molecule has 0 saturated heterocycles. The number of aliphatic hydroxyl groups is 1. The fourth-order valence-electron chi connectivity index (χ4n) is 6.87. The Morgan fingerprint density at radius 2 is 0.813 bits per heavy atom. The van der Waals surface area contributed by atoms with E-state index in [0.717, 1.165) is 122 Å². The molecule has 0 radical (unpaired) electrons. The van der Waals surface area contributed by atoms with Crippen molar-refractivity contribution in [3.63, 3.8) is 0 Å². The van der Waals surface area contributed by atoms with E-state index >= 15 is 0 Å². The lowest BCUT2D eigenvalue weighted by atomic mass is 10.1. The van der Waals surface area contributed by atoms with E-state index in [-0.39, 0.29) is 25.5 Å². The third kappa shape index (κ3) is 57.2. The molecule has 0 aliphatic carbocycles. The molecule has 8 nitrogen and oxygen atoms in total. The maximum atomic E-state index is 12.9. The second kappa shape index (κ2) is 54.4. The molecule has 0 fully saturated rings. The molecule has 0 aliphatic heterocycles. The van der Waals surface area contributed by atoms with E-state index in [1.807, 2.05) is 27.2 Å². The molecule has 9 heteroatoms. The van der Waals surface area contributed by atoms with Crippen molar-refractivity contribution < 1.29 is 32.9 Å². The van der Waals surface area contributed by atoms with Gasteiger partial charge in [-0.3, -0.25) is 13.8 Å². The molecule has 75 heavy (non-hydrogen) atoms. The number of hydrogen-bond acceptors (Lipinski definition) is 5. The number of nitrogens with zero attached hydrogens (tertiary/aromatic N) is 1. The molecule has 0 spiro atoms. The zero-order valence-corrected chi connectivity index (χ0v) is 48.6. The Morgan fingerprint density at radius 1 is 0.467 bits per heavy atom. The van der Waals surface area contributed by atoms with Gasteiger partial charge in [0.25, 0.3) is 0 Å². The van der Waals surface area contributed by atoms with Crippen molar-refractivity contribution in [3.05, 3.63) is 182 Å². The highest BCUT2D eigenvalue weighted by atomic mass is 31.2. The average Bonchev–Trinajstić information content (AvgIpc) is 3.37. The standard InChI is InChI=1S/C66H105N2O6P/c1-6-8-10-12-14-16-18-20-22-23-24-25-26-27-28-29-30-31-32-33-34-35-36-37-38-39-40-41-42-43-44-45-46-48-50-52-54-56-58-60-66(70)67-64(63-74-75(71,72)73-62-61-68(3,4)5)65(69)59-57-55-53-51-49-47-21-19-17-15-13-11-9-7-2/h8,10,14,16-17,19-20,22,24-25,27-28,30-31,33-34,36-37,39-40,42-43,45-46,49-52,57,59,64-65,69H,6-7,9,11-13,15,18,21,23,26,29,32,35,38,41,44,47-48,53-56,58,60-63H2,1-5H3,(H-,67,70,71,72)/p+1/b10-8-,16-14-,19-17+,22-20-,25-24-,28-27-,31-30-,34-33-,37-36-,40-39-,43-42-,46-45-,51-49+,52-50-,59-57+. The molecule has 3 unspecified atom stereocenters. The summed E-state index contributed by atoms with van der Waals surface area (Å²) in [6.45, 7) is 4.57. The number of nitrogens with one attached hydrogen (secondary N) is 1. The normalized spacial score (nSPS) is 15.2. The number of phosphoric ester groups is 1. The number of amides is 1. The highest BCUT2D eigenvalue weighted by molar-refractivity contribution is 7.47. The summed E-state index contributed by atoms with van der Waals surface area (Å²) in [4.78, 5) is 23.2. The topological polar surface area (TPSA) is 105 Å². The molecule has 3 N–H and O–H groups in total. The molecular weight excluding hydrogens is 948 g/mol. The summed E-state index contributed by atoms with van der Waals surface area (Å²) < 4.78 is 23.6. The van der Waals surface area contributed by atoms with Crippen molar-refractivity contribution in [2.75, 3.05) is 40.9 Å². The van der Waals surface area contributed by atoms with Gasteiger partial charge >= 0.3 is 7.82 Å². The Kier molecular flexibility index (Phi) is 51.2. The van der Waals surface area contributed by atoms with Crippen LogP contribution in [0.1, 0.15) is 174 Å². The number of likely N-dealkylation sites (N-methyl/N-ethyl adjacent to an activating group) is 1. The Hall–Kier alpha value is -4.40.